The Morgan fingerprint density at radius 2 is 2.19 bits per heavy atom. The lowest BCUT2D eigenvalue weighted by molar-refractivity contribution is 0.467. The van der Waals surface area contributed by atoms with Crippen molar-refractivity contribution in [2.24, 2.45) is 4.99 Å². The molecule has 0 atom stereocenters. The van der Waals surface area contributed by atoms with Gasteiger partial charge in [-0.2, -0.15) is 5.26 Å². The molecule has 0 unspecified atom stereocenters. The number of phenolic OH excluding ortho intramolecular Hbond substituents is 1. The van der Waals surface area contributed by atoms with E-state index in [9.17, 15) is 5.11 Å². The number of nitrogens with zero attached hydrogens (tertiary/aromatic N) is 3. The van der Waals surface area contributed by atoms with Crippen molar-refractivity contribution >= 4 is 28.0 Å². The molecule has 0 heterocycles. The van der Waals surface area contributed by atoms with E-state index in [0.717, 1.165) is 0 Å². The molecule has 0 saturated carbocycles. The highest BCUT2D eigenvalue weighted by atomic mass is 79.9. The summed E-state index contributed by atoms with van der Waals surface area (Å²) >= 11 is 3.22. The Morgan fingerprint density at radius 3 is 2.69 bits per heavy atom. The van der Waals surface area contributed by atoms with Crippen molar-refractivity contribution in [1.29, 1.82) is 5.26 Å². The molecule has 0 amide bonds. The highest BCUT2D eigenvalue weighted by molar-refractivity contribution is 9.10. The Hall–Kier alpha value is -1.54. The molecule has 5 heteroatoms. The summed E-state index contributed by atoms with van der Waals surface area (Å²) in [6, 6.07) is 3.67. The Kier molecular flexibility index (Phi) is 3.91. The molecule has 0 spiro atoms. The van der Waals surface area contributed by atoms with E-state index in [1.54, 1.807) is 24.2 Å². The number of halogens is 1. The van der Waals surface area contributed by atoms with Crippen LogP contribution in [0.3, 0.4) is 0 Å². The summed E-state index contributed by atoms with van der Waals surface area (Å²) in [6.45, 7) is 1.69. The van der Waals surface area contributed by atoms with Gasteiger partial charge in [0.1, 0.15) is 11.8 Å². The van der Waals surface area contributed by atoms with Crippen molar-refractivity contribution in [3.05, 3.63) is 21.7 Å². The van der Waals surface area contributed by atoms with Crippen molar-refractivity contribution in [2.75, 3.05) is 14.1 Å². The number of hydrogen-bond donors (Lipinski definition) is 1. The molecule has 1 aromatic carbocycles. The SMILES string of the molecule is Cc1c(O)c(Br)cc(N=CN(C)C)c1C#N. The van der Waals surface area contributed by atoms with E-state index < -0.39 is 0 Å². The van der Waals surface area contributed by atoms with Crippen LogP contribution in [-0.2, 0) is 0 Å². The second-order valence-corrected chi connectivity index (χ2v) is 4.40. The van der Waals surface area contributed by atoms with Gasteiger partial charge in [0.05, 0.1) is 22.1 Å². The van der Waals surface area contributed by atoms with Crippen LogP contribution in [0.4, 0.5) is 5.69 Å². The fourth-order valence-electron chi connectivity index (χ4n) is 1.17. The van der Waals surface area contributed by atoms with Crippen LogP contribution in [0.25, 0.3) is 0 Å². The Morgan fingerprint density at radius 1 is 1.56 bits per heavy atom. The largest absolute Gasteiger partial charge is 0.506 e. The van der Waals surface area contributed by atoms with E-state index in [1.165, 1.54) is 0 Å². The number of hydrogen-bond acceptors (Lipinski definition) is 3. The molecule has 0 bridgehead atoms. The van der Waals surface area contributed by atoms with Gasteiger partial charge < -0.3 is 10.0 Å². The average Bonchev–Trinajstić information content (AvgIpc) is 2.23. The van der Waals surface area contributed by atoms with Gasteiger partial charge in [-0.05, 0) is 28.9 Å². The molecule has 0 aliphatic heterocycles. The minimum atomic E-state index is 0.0837. The normalized spacial score (nSPS) is 10.4. The number of nitriles is 1. The molecule has 16 heavy (non-hydrogen) atoms. The second kappa shape index (κ2) is 4.99. The van der Waals surface area contributed by atoms with Crippen molar-refractivity contribution in [3.8, 4) is 11.8 Å². The summed E-state index contributed by atoms with van der Waals surface area (Å²) in [4.78, 5) is 5.95. The van der Waals surface area contributed by atoms with Gasteiger partial charge in [-0.15, -0.1) is 0 Å². The Bertz CT molecular complexity index is 475. The number of benzene rings is 1. The molecule has 4 nitrogen and oxygen atoms in total. The van der Waals surface area contributed by atoms with Gasteiger partial charge in [-0.1, -0.05) is 0 Å². The van der Waals surface area contributed by atoms with E-state index >= 15 is 0 Å². The van der Waals surface area contributed by atoms with E-state index in [4.69, 9.17) is 5.26 Å². The molecular weight excluding hydrogens is 270 g/mol. The molecule has 1 N–H and O–H groups in total. The molecule has 0 aliphatic rings. The van der Waals surface area contributed by atoms with Crippen molar-refractivity contribution in [3.63, 3.8) is 0 Å². The smallest absolute Gasteiger partial charge is 0.134 e. The zero-order valence-electron chi connectivity index (χ0n) is 9.32. The van der Waals surface area contributed by atoms with Crippen LogP contribution in [0.2, 0.25) is 0 Å². The number of rotatable bonds is 2. The van der Waals surface area contributed by atoms with Gasteiger partial charge in [0, 0.05) is 19.7 Å². The quantitative estimate of drug-likeness (QED) is 0.670. The predicted molar refractivity (Wildman–Crippen MR) is 67.1 cm³/mol. The molecule has 0 radical (unpaired) electrons. The monoisotopic (exact) mass is 281 g/mol. The predicted octanol–water partition coefficient (Wildman–Crippen LogP) is 2.56. The second-order valence-electron chi connectivity index (χ2n) is 3.55. The van der Waals surface area contributed by atoms with Gasteiger partial charge in [-0.3, -0.25) is 0 Å². The highest BCUT2D eigenvalue weighted by Crippen LogP contribution is 2.35. The molecule has 0 aliphatic carbocycles. The maximum Gasteiger partial charge on any atom is 0.134 e. The van der Waals surface area contributed by atoms with Crippen LogP contribution in [0.1, 0.15) is 11.1 Å². The fourth-order valence-corrected chi connectivity index (χ4v) is 1.69. The van der Waals surface area contributed by atoms with Crippen molar-refractivity contribution in [2.45, 2.75) is 6.92 Å². The number of phenols is 1. The maximum absolute atomic E-state index is 9.66. The van der Waals surface area contributed by atoms with Crippen LogP contribution >= 0.6 is 15.9 Å². The van der Waals surface area contributed by atoms with Crippen molar-refractivity contribution in [1.82, 2.24) is 4.90 Å². The summed E-state index contributed by atoms with van der Waals surface area (Å²) < 4.78 is 0.537. The van der Waals surface area contributed by atoms with Crippen LogP contribution in [-0.4, -0.2) is 30.4 Å². The molecule has 0 saturated heterocycles. The molecule has 84 valence electrons. The van der Waals surface area contributed by atoms with E-state index in [-0.39, 0.29) is 5.75 Å². The van der Waals surface area contributed by atoms with Crippen LogP contribution < -0.4 is 0 Å². The van der Waals surface area contributed by atoms with E-state index in [0.29, 0.717) is 21.3 Å². The third-order valence-corrected chi connectivity index (χ3v) is 2.62. The first-order chi connectivity index (χ1) is 7.47. The Labute approximate surface area is 103 Å². The first-order valence-electron chi connectivity index (χ1n) is 4.60. The van der Waals surface area contributed by atoms with Crippen LogP contribution in [0.5, 0.6) is 5.75 Å². The first-order valence-corrected chi connectivity index (χ1v) is 5.39. The third-order valence-electron chi connectivity index (χ3n) is 2.02. The minimum Gasteiger partial charge on any atom is -0.506 e. The minimum absolute atomic E-state index is 0.0837. The van der Waals surface area contributed by atoms with Gasteiger partial charge in [-0.25, -0.2) is 4.99 Å². The van der Waals surface area contributed by atoms with Gasteiger partial charge in [0.15, 0.2) is 0 Å². The summed E-state index contributed by atoms with van der Waals surface area (Å²) in [7, 11) is 3.69. The Balaban J connectivity index is 3.35. The lowest BCUT2D eigenvalue weighted by Crippen LogP contribution is -2.07. The third kappa shape index (κ3) is 2.52. The van der Waals surface area contributed by atoms with E-state index in [1.807, 2.05) is 20.2 Å². The molecular formula is C11H12BrN3O. The number of aliphatic imine (C=N–C) groups is 1. The first kappa shape index (κ1) is 12.5. The molecule has 1 aromatic rings. The summed E-state index contributed by atoms with van der Waals surface area (Å²) in [5.74, 6) is 0.0837. The zero-order chi connectivity index (χ0) is 12.3. The molecule has 0 aromatic heterocycles. The maximum atomic E-state index is 9.66. The van der Waals surface area contributed by atoms with Crippen LogP contribution in [0, 0.1) is 18.3 Å². The average molecular weight is 282 g/mol. The summed E-state index contributed by atoms with van der Waals surface area (Å²) in [5, 5.41) is 18.7. The zero-order valence-corrected chi connectivity index (χ0v) is 10.9. The topological polar surface area (TPSA) is 59.6 Å². The number of aromatic hydroxyl groups is 1. The molecule has 1 rings (SSSR count). The standard InChI is InChI=1S/C11H12BrN3O/c1-7-8(5-13)10(14-6-15(2)3)4-9(12)11(7)16/h4,6,16H,1-3H3. The fraction of sp³-hybridized carbons (Fsp3) is 0.273. The van der Waals surface area contributed by atoms with Gasteiger partial charge in [0.2, 0.25) is 0 Å². The van der Waals surface area contributed by atoms with Crippen LogP contribution in [0.15, 0.2) is 15.5 Å². The lowest BCUT2D eigenvalue weighted by atomic mass is 10.1. The van der Waals surface area contributed by atoms with Crippen molar-refractivity contribution < 1.29 is 5.11 Å². The molecule has 0 fully saturated rings. The lowest BCUT2D eigenvalue weighted by Gasteiger charge is -2.08. The van der Waals surface area contributed by atoms with E-state index in [2.05, 4.69) is 20.9 Å². The van der Waals surface area contributed by atoms with Gasteiger partial charge in [0.25, 0.3) is 0 Å². The summed E-state index contributed by atoms with van der Waals surface area (Å²) in [5.41, 5.74) is 1.46. The highest BCUT2D eigenvalue weighted by Gasteiger charge is 2.12. The van der Waals surface area contributed by atoms with Gasteiger partial charge >= 0.3 is 0 Å². The summed E-state index contributed by atoms with van der Waals surface area (Å²) in [6.07, 6.45) is 1.61.